The van der Waals surface area contributed by atoms with E-state index >= 15 is 0 Å². The number of para-hydroxylation sites is 1. The van der Waals surface area contributed by atoms with Gasteiger partial charge < -0.3 is 14.6 Å². The standard InChI is InChI=1S/C25H24N2O7/c1-4-8-17-11-15(13-20(33-3)22(17)34-14-21(28)29)12-18-23(30)26-25(32)27(24(18)31)19-10-7-6-9-16(19)5-2/h4,6-7,9-13H,1,5,8,14H2,2-3H3,(H,28,29)(H,26,30,32)/b18-12-. The molecule has 2 aromatic carbocycles. The van der Waals surface area contributed by atoms with Crippen molar-refractivity contribution in [1.29, 1.82) is 0 Å². The molecule has 1 aliphatic rings. The number of urea groups is 1. The van der Waals surface area contributed by atoms with Crippen LogP contribution in [0.15, 0.2) is 54.6 Å². The lowest BCUT2D eigenvalue weighted by Gasteiger charge is -2.28. The third-order valence-corrected chi connectivity index (χ3v) is 5.10. The number of hydrogen-bond acceptors (Lipinski definition) is 6. The van der Waals surface area contributed by atoms with Crippen LogP contribution in [-0.2, 0) is 27.2 Å². The Bertz CT molecular complexity index is 1200. The van der Waals surface area contributed by atoms with Gasteiger partial charge in [0.15, 0.2) is 18.1 Å². The van der Waals surface area contributed by atoms with Gasteiger partial charge in [-0.2, -0.15) is 0 Å². The van der Waals surface area contributed by atoms with E-state index in [0.29, 0.717) is 29.7 Å². The summed E-state index contributed by atoms with van der Waals surface area (Å²) in [5.41, 5.74) is 1.91. The lowest BCUT2D eigenvalue weighted by molar-refractivity contribution is -0.139. The maximum atomic E-state index is 13.3. The van der Waals surface area contributed by atoms with Gasteiger partial charge in [0.25, 0.3) is 11.8 Å². The lowest BCUT2D eigenvalue weighted by atomic mass is 10.0. The predicted octanol–water partition coefficient (Wildman–Crippen LogP) is 3.12. The summed E-state index contributed by atoms with van der Waals surface area (Å²) >= 11 is 0. The summed E-state index contributed by atoms with van der Waals surface area (Å²) < 4.78 is 10.7. The molecule has 0 unspecified atom stereocenters. The first-order chi connectivity index (χ1) is 16.3. The van der Waals surface area contributed by atoms with Gasteiger partial charge in [0.1, 0.15) is 5.57 Å². The molecule has 34 heavy (non-hydrogen) atoms. The molecule has 1 saturated heterocycles. The highest BCUT2D eigenvalue weighted by Crippen LogP contribution is 2.35. The second-order valence-electron chi connectivity index (χ2n) is 7.33. The van der Waals surface area contributed by atoms with Crippen molar-refractivity contribution in [3.05, 3.63) is 71.3 Å². The monoisotopic (exact) mass is 464 g/mol. The number of anilines is 1. The third kappa shape index (κ3) is 4.98. The summed E-state index contributed by atoms with van der Waals surface area (Å²) in [4.78, 5) is 50.3. The Morgan fingerprint density at radius 3 is 2.56 bits per heavy atom. The molecule has 0 spiro atoms. The van der Waals surface area contributed by atoms with Crippen LogP contribution in [0.25, 0.3) is 6.08 Å². The van der Waals surface area contributed by atoms with Gasteiger partial charge in [0.2, 0.25) is 0 Å². The van der Waals surface area contributed by atoms with Gasteiger partial charge in [-0.15, -0.1) is 6.58 Å². The van der Waals surface area contributed by atoms with Gasteiger partial charge in [0, 0.05) is 5.56 Å². The van der Waals surface area contributed by atoms with Crippen molar-refractivity contribution in [3.63, 3.8) is 0 Å². The number of carboxylic acid groups (broad SMARTS) is 1. The summed E-state index contributed by atoms with van der Waals surface area (Å²) in [7, 11) is 1.39. The number of imide groups is 2. The number of allylic oxidation sites excluding steroid dienone is 1. The van der Waals surface area contributed by atoms with E-state index in [9.17, 15) is 19.2 Å². The average Bonchev–Trinajstić information content (AvgIpc) is 2.81. The number of hydrogen-bond donors (Lipinski definition) is 2. The molecule has 2 aromatic rings. The normalized spacial score (nSPS) is 14.7. The number of ether oxygens (including phenoxy) is 2. The molecule has 9 nitrogen and oxygen atoms in total. The molecule has 4 amide bonds. The van der Waals surface area contributed by atoms with E-state index in [2.05, 4.69) is 11.9 Å². The lowest BCUT2D eigenvalue weighted by Crippen LogP contribution is -2.54. The van der Waals surface area contributed by atoms with E-state index in [-0.39, 0.29) is 17.1 Å². The number of barbiturate groups is 1. The number of carboxylic acids is 1. The molecule has 0 atom stereocenters. The molecule has 0 bridgehead atoms. The molecule has 0 aliphatic carbocycles. The maximum Gasteiger partial charge on any atom is 0.341 e. The van der Waals surface area contributed by atoms with Crippen molar-refractivity contribution in [1.82, 2.24) is 5.32 Å². The van der Waals surface area contributed by atoms with E-state index in [1.54, 1.807) is 36.4 Å². The van der Waals surface area contributed by atoms with Crippen LogP contribution in [0.2, 0.25) is 0 Å². The van der Waals surface area contributed by atoms with Crippen LogP contribution < -0.4 is 19.7 Å². The summed E-state index contributed by atoms with van der Waals surface area (Å²) in [5.74, 6) is -2.29. The van der Waals surface area contributed by atoms with E-state index < -0.39 is 30.4 Å². The number of aliphatic carboxylic acids is 1. The highest BCUT2D eigenvalue weighted by molar-refractivity contribution is 6.39. The number of nitrogens with one attached hydrogen (secondary N) is 1. The minimum Gasteiger partial charge on any atom is -0.493 e. The van der Waals surface area contributed by atoms with Gasteiger partial charge in [-0.3, -0.25) is 14.9 Å². The predicted molar refractivity (Wildman–Crippen MR) is 125 cm³/mol. The zero-order chi connectivity index (χ0) is 24.8. The highest BCUT2D eigenvalue weighted by atomic mass is 16.5. The molecular formula is C25H24N2O7. The topological polar surface area (TPSA) is 122 Å². The molecule has 0 radical (unpaired) electrons. The van der Waals surface area contributed by atoms with Gasteiger partial charge in [-0.25, -0.2) is 14.5 Å². The minimum absolute atomic E-state index is 0.222. The van der Waals surface area contributed by atoms with Gasteiger partial charge in [0.05, 0.1) is 12.8 Å². The van der Waals surface area contributed by atoms with E-state index in [4.69, 9.17) is 14.6 Å². The molecule has 2 N–H and O–H groups in total. The van der Waals surface area contributed by atoms with Crippen molar-refractivity contribution in [2.75, 3.05) is 18.6 Å². The summed E-state index contributed by atoms with van der Waals surface area (Å²) in [6, 6.07) is 9.28. The number of carbonyl (C=O) groups excluding carboxylic acids is 3. The number of carbonyl (C=O) groups is 4. The third-order valence-electron chi connectivity index (χ3n) is 5.10. The molecule has 1 aliphatic heterocycles. The van der Waals surface area contributed by atoms with E-state index in [1.807, 2.05) is 6.92 Å². The Morgan fingerprint density at radius 2 is 1.91 bits per heavy atom. The number of methoxy groups -OCH3 is 1. The van der Waals surface area contributed by atoms with Crippen molar-refractivity contribution in [2.24, 2.45) is 0 Å². The Balaban J connectivity index is 2.08. The molecule has 1 fully saturated rings. The Morgan fingerprint density at radius 1 is 1.18 bits per heavy atom. The second-order valence-corrected chi connectivity index (χ2v) is 7.33. The van der Waals surface area contributed by atoms with Crippen LogP contribution in [0.5, 0.6) is 11.5 Å². The summed E-state index contributed by atoms with van der Waals surface area (Å²) in [6.45, 7) is 5.02. The summed E-state index contributed by atoms with van der Waals surface area (Å²) in [5, 5.41) is 11.2. The van der Waals surface area contributed by atoms with Crippen LogP contribution >= 0.6 is 0 Å². The first kappa shape index (κ1) is 24.2. The quantitative estimate of drug-likeness (QED) is 0.332. The maximum absolute atomic E-state index is 13.3. The van der Waals surface area contributed by atoms with E-state index in [1.165, 1.54) is 19.3 Å². The summed E-state index contributed by atoms with van der Waals surface area (Å²) in [6.07, 6.45) is 3.85. The number of aryl methyl sites for hydroxylation is 1. The zero-order valence-corrected chi connectivity index (χ0v) is 18.8. The second kappa shape index (κ2) is 10.5. The highest BCUT2D eigenvalue weighted by Gasteiger charge is 2.37. The molecule has 1 heterocycles. The van der Waals surface area contributed by atoms with Crippen molar-refractivity contribution < 1.29 is 33.8 Å². The Labute approximate surface area is 196 Å². The zero-order valence-electron chi connectivity index (χ0n) is 18.8. The Kier molecular flexibility index (Phi) is 7.47. The number of benzene rings is 2. The molecule has 0 saturated carbocycles. The number of nitrogens with zero attached hydrogens (tertiary/aromatic N) is 1. The molecule has 0 aromatic heterocycles. The minimum atomic E-state index is -1.15. The van der Waals surface area contributed by atoms with Crippen LogP contribution in [0.1, 0.15) is 23.6 Å². The van der Waals surface area contributed by atoms with E-state index in [0.717, 1.165) is 10.5 Å². The number of rotatable bonds is 9. The largest absolute Gasteiger partial charge is 0.493 e. The van der Waals surface area contributed by atoms with Crippen molar-refractivity contribution in [3.8, 4) is 11.5 Å². The van der Waals surface area contributed by atoms with Gasteiger partial charge >= 0.3 is 12.0 Å². The molecule has 9 heteroatoms. The fraction of sp³-hybridized carbons (Fsp3) is 0.200. The first-order valence-corrected chi connectivity index (χ1v) is 10.5. The van der Waals surface area contributed by atoms with Crippen LogP contribution in [0, 0.1) is 0 Å². The Hall–Kier alpha value is -4.40. The van der Waals surface area contributed by atoms with Crippen LogP contribution in [0.3, 0.4) is 0 Å². The van der Waals surface area contributed by atoms with Crippen molar-refractivity contribution >= 4 is 35.6 Å². The first-order valence-electron chi connectivity index (χ1n) is 10.5. The van der Waals surface area contributed by atoms with Crippen LogP contribution in [-0.4, -0.2) is 42.6 Å². The SMILES string of the molecule is C=CCc1cc(/C=C2/C(=O)NC(=O)N(c3ccccc3CC)C2=O)cc(OC)c1OCC(=O)O. The average molecular weight is 464 g/mol. The molecule has 3 rings (SSSR count). The van der Waals surface area contributed by atoms with Crippen LogP contribution in [0.4, 0.5) is 10.5 Å². The molecular weight excluding hydrogens is 440 g/mol. The molecule has 176 valence electrons. The fourth-order valence-corrected chi connectivity index (χ4v) is 3.59. The fourth-order valence-electron chi connectivity index (χ4n) is 3.59. The van der Waals surface area contributed by atoms with Gasteiger partial charge in [-0.05, 0) is 48.2 Å². The number of amides is 4. The van der Waals surface area contributed by atoms with Gasteiger partial charge in [-0.1, -0.05) is 31.2 Å². The smallest absolute Gasteiger partial charge is 0.341 e. The van der Waals surface area contributed by atoms with Crippen molar-refractivity contribution in [2.45, 2.75) is 19.8 Å².